The number of benzene rings is 1. The highest BCUT2D eigenvalue weighted by Gasteiger charge is 2.30. The van der Waals surface area contributed by atoms with Crippen molar-refractivity contribution in [3.63, 3.8) is 0 Å². The van der Waals surface area contributed by atoms with Crippen molar-refractivity contribution in [2.75, 3.05) is 36.4 Å². The Kier molecular flexibility index (Phi) is 5.92. The fourth-order valence-corrected chi connectivity index (χ4v) is 3.65. The first kappa shape index (κ1) is 19.5. The van der Waals surface area contributed by atoms with Crippen molar-refractivity contribution < 1.29 is 14.3 Å². The summed E-state index contributed by atoms with van der Waals surface area (Å²) in [5, 5.41) is 3.06. The third-order valence-corrected chi connectivity index (χ3v) is 5.10. The fourth-order valence-electron chi connectivity index (χ4n) is 3.65. The molecule has 1 aromatic rings. The molecule has 6 heteroatoms. The van der Waals surface area contributed by atoms with E-state index in [9.17, 15) is 9.59 Å². The molecule has 148 valence electrons. The van der Waals surface area contributed by atoms with Crippen LogP contribution in [0.2, 0.25) is 0 Å². The first-order valence-corrected chi connectivity index (χ1v) is 9.96. The van der Waals surface area contributed by atoms with E-state index in [2.05, 4.69) is 22.3 Å². The van der Waals surface area contributed by atoms with Crippen LogP contribution in [0.5, 0.6) is 0 Å². The van der Waals surface area contributed by atoms with E-state index >= 15 is 0 Å². The summed E-state index contributed by atoms with van der Waals surface area (Å²) in [6.45, 7) is 8.87. The average Bonchev–Trinajstić information content (AvgIpc) is 3.15. The molecule has 6 nitrogen and oxygen atoms in total. The summed E-state index contributed by atoms with van der Waals surface area (Å²) in [5.41, 5.74) is 1.52. The summed E-state index contributed by atoms with van der Waals surface area (Å²) in [7, 11) is 0. The number of likely N-dealkylation sites (tertiary alicyclic amines) is 1. The zero-order valence-electron chi connectivity index (χ0n) is 16.7. The van der Waals surface area contributed by atoms with E-state index in [0.29, 0.717) is 25.9 Å². The van der Waals surface area contributed by atoms with Gasteiger partial charge in [-0.05, 0) is 64.7 Å². The van der Waals surface area contributed by atoms with Gasteiger partial charge in [-0.3, -0.25) is 4.79 Å². The average molecular weight is 373 g/mol. The largest absolute Gasteiger partial charge is 0.444 e. The molecule has 0 bridgehead atoms. The van der Waals surface area contributed by atoms with Gasteiger partial charge in [-0.1, -0.05) is 6.07 Å². The minimum absolute atomic E-state index is 0.0393. The Hall–Kier alpha value is -2.24. The highest BCUT2D eigenvalue weighted by Crippen LogP contribution is 2.25. The summed E-state index contributed by atoms with van der Waals surface area (Å²) in [4.78, 5) is 28.8. The van der Waals surface area contributed by atoms with Gasteiger partial charge in [0.1, 0.15) is 5.60 Å². The highest BCUT2D eigenvalue weighted by molar-refractivity contribution is 5.93. The van der Waals surface area contributed by atoms with E-state index in [1.807, 2.05) is 32.9 Å². The molecule has 2 fully saturated rings. The minimum Gasteiger partial charge on any atom is -0.444 e. The third kappa shape index (κ3) is 5.37. The first-order valence-electron chi connectivity index (χ1n) is 9.96. The van der Waals surface area contributed by atoms with Gasteiger partial charge < -0.3 is 19.9 Å². The van der Waals surface area contributed by atoms with Crippen molar-refractivity contribution in [2.24, 2.45) is 5.92 Å². The van der Waals surface area contributed by atoms with Crippen LogP contribution in [-0.4, -0.2) is 48.7 Å². The van der Waals surface area contributed by atoms with Crippen molar-refractivity contribution in [3.05, 3.63) is 24.3 Å². The molecule has 3 rings (SSSR count). The van der Waals surface area contributed by atoms with Gasteiger partial charge in [0.25, 0.3) is 0 Å². The van der Waals surface area contributed by atoms with Crippen molar-refractivity contribution in [1.29, 1.82) is 0 Å². The van der Waals surface area contributed by atoms with E-state index in [1.165, 1.54) is 18.5 Å². The highest BCUT2D eigenvalue weighted by atomic mass is 16.6. The number of rotatable bonds is 3. The molecule has 1 N–H and O–H groups in total. The molecule has 0 aromatic heterocycles. The Balaban J connectivity index is 1.51. The molecular weight excluding hydrogens is 342 g/mol. The second-order valence-electron chi connectivity index (χ2n) is 8.48. The normalized spacial score (nSPS) is 18.5. The Morgan fingerprint density at radius 2 is 1.74 bits per heavy atom. The number of carbonyl (C=O) groups is 2. The molecule has 27 heavy (non-hydrogen) atoms. The van der Waals surface area contributed by atoms with Gasteiger partial charge in [-0.25, -0.2) is 4.79 Å². The predicted molar refractivity (Wildman–Crippen MR) is 107 cm³/mol. The van der Waals surface area contributed by atoms with Crippen molar-refractivity contribution in [3.8, 4) is 0 Å². The molecule has 2 saturated heterocycles. The number of hydrogen-bond acceptors (Lipinski definition) is 4. The van der Waals surface area contributed by atoms with E-state index in [-0.39, 0.29) is 17.9 Å². The molecule has 0 unspecified atom stereocenters. The lowest BCUT2D eigenvalue weighted by atomic mass is 9.96. The molecule has 2 heterocycles. The number of amides is 2. The number of anilines is 2. The monoisotopic (exact) mass is 373 g/mol. The van der Waals surface area contributed by atoms with Crippen LogP contribution in [0.1, 0.15) is 46.5 Å². The molecule has 0 aliphatic carbocycles. The zero-order valence-corrected chi connectivity index (χ0v) is 16.7. The quantitative estimate of drug-likeness (QED) is 0.874. The number of ether oxygens (including phenoxy) is 1. The van der Waals surface area contributed by atoms with Gasteiger partial charge in [0.15, 0.2) is 0 Å². The molecule has 2 aliphatic rings. The standard InChI is InChI=1S/C21H31N3O3/c1-21(2,3)27-20(26)24-13-9-16(10-14-24)19(25)22-17-7-6-8-18(15-17)23-11-4-5-12-23/h6-8,15-16H,4-5,9-14H2,1-3H3,(H,22,25). The maximum Gasteiger partial charge on any atom is 0.410 e. The van der Waals surface area contributed by atoms with Crippen molar-refractivity contribution >= 4 is 23.4 Å². The van der Waals surface area contributed by atoms with Crippen LogP contribution in [0.15, 0.2) is 24.3 Å². The Morgan fingerprint density at radius 1 is 1.07 bits per heavy atom. The molecule has 1 aromatic carbocycles. The van der Waals surface area contributed by atoms with Crippen LogP contribution >= 0.6 is 0 Å². The molecule has 0 atom stereocenters. The second kappa shape index (κ2) is 8.19. The van der Waals surface area contributed by atoms with Gasteiger partial charge in [0.05, 0.1) is 0 Å². The number of carbonyl (C=O) groups excluding carboxylic acids is 2. The zero-order chi connectivity index (χ0) is 19.4. The smallest absolute Gasteiger partial charge is 0.410 e. The Bertz CT molecular complexity index is 669. The van der Waals surface area contributed by atoms with E-state index in [1.54, 1.807) is 4.90 Å². The number of piperidine rings is 1. The van der Waals surface area contributed by atoms with Gasteiger partial charge in [-0.15, -0.1) is 0 Å². The molecule has 2 aliphatic heterocycles. The first-order chi connectivity index (χ1) is 12.8. The summed E-state index contributed by atoms with van der Waals surface area (Å²) in [5.74, 6) is -0.0310. The lowest BCUT2D eigenvalue weighted by Crippen LogP contribution is -2.43. The number of hydrogen-bond donors (Lipinski definition) is 1. The van der Waals surface area contributed by atoms with E-state index in [4.69, 9.17) is 4.74 Å². The molecule has 0 saturated carbocycles. The number of nitrogens with one attached hydrogen (secondary N) is 1. The summed E-state index contributed by atoms with van der Waals surface area (Å²) in [6.07, 6.45) is 3.49. The lowest BCUT2D eigenvalue weighted by molar-refractivity contribution is -0.121. The molecule has 2 amide bonds. The van der Waals surface area contributed by atoms with Gasteiger partial charge in [0.2, 0.25) is 5.91 Å². The van der Waals surface area contributed by atoms with Crippen LogP contribution in [0.4, 0.5) is 16.2 Å². The molecular formula is C21H31N3O3. The van der Waals surface area contributed by atoms with Crippen LogP contribution in [0.25, 0.3) is 0 Å². The Labute approximate surface area is 161 Å². The Morgan fingerprint density at radius 3 is 2.37 bits per heavy atom. The van der Waals surface area contributed by atoms with Crippen LogP contribution in [0, 0.1) is 5.92 Å². The maximum absolute atomic E-state index is 12.6. The molecule has 0 radical (unpaired) electrons. The SMILES string of the molecule is CC(C)(C)OC(=O)N1CCC(C(=O)Nc2cccc(N3CCCC3)c2)CC1. The van der Waals surface area contributed by atoms with Crippen LogP contribution < -0.4 is 10.2 Å². The van der Waals surface area contributed by atoms with Gasteiger partial charge >= 0.3 is 6.09 Å². The number of nitrogens with zero attached hydrogens (tertiary/aromatic N) is 2. The fraction of sp³-hybridized carbons (Fsp3) is 0.619. The van der Waals surface area contributed by atoms with Crippen LogP contribution in [0.3, 0.4) is 0 Å². The van der Waals surface area contributed by atoms with Gasteiger partial charge in [0, 0.05) is 43.5 Å². The maximum atomic E-state index is 12.6. The van der Waals surface area contributed by atoms with Crippen LogP contribution in [-0.2, 0) is 9.53 Å². The summed E-state index contributed by atoms with van der Waals surface area (Å²) < 4.78 is 5.41. The second-order valence-corrected chi connectivity index (χ2v) is 8.48. The van der Waals surface area contributed by atoms with E-state index in [0.717, 1.165) is 18.8 Å². The third-order valence-electron chi connectivity index (χ3n) is 5.10. The molecule has 0 spiro atoms. The minimum atomic E-state index is -0.494. The lowest BCUT2D eigenvalue weighted by Gasteiger charge is -2.33. The van der Waals surface area contributed by atoms with Gasteiger partial charge in [-0.2, -0.15) is 0 Å². The van der Waals surface area contributed by atoms with Crippen molar-refractivity contribution in [2.45, 2.75) is 52.1 Å². The summed E-state index contributed by atoms with van der Waals surface area (Å²) >= 11 is 0. The van der Waals surface area contributed by atoms with Crippen molar-refractivity contribution in [1.82, 2.24) is 4.90 Å². The predicted octanol–water partition coefficient (Wildman–Crippen LogP) is 3.87. The topological polar surface area (TPSA) is 61.9 Å². The van der Waals surface area contributed by atoms with E-state index < -0.39 is 5.60 Å². The summed E-state index contributed by atoms with van der Waals surface area (Å²) in [6, 6.07) is 8.08.